The Morgan fingerprint density at radius 1 is 1.33 bits per heavy atom. The topological polar surface area (TPSA) is 98.9 Å². The van der Waals surface area contributed by atoms with E-state index in [4.69, 9.17) is 15.3 Å². The van der Waals surface area contributed by atoms with Crippen molar-refractivity contribution in [2.75, 3.05) is 0 Å². The lowest BCUT2D eigenvalue weighted by Crippen LogP contribution is -2.74. The van der Waals surface area contributed by atoms with Crippen molar-refractivity contribution in [2.24, 2.45) is 11.3 Å². The number of ether oxygens (including phenoxy) is 2. The largest absolute Gasteiger partial charge is 0.460 e. The minimum atomic E-state index is -1.60. The molecule has 0 aromatic heterocycles. The lowest BCUT2D eigenvalue weighted by molar-refractivity contribution is -0.225. The number of hydrazine groups is 1. The molecule has 2 atom stereocenters. The van der Waals surface area contributed by atoms with E-state index >= 15 is 0 Å². The molecule has 1 aliphatic heterocycles. The Morgan fingerprint density at radius 2 is 1.95 bits per heavy atom. The molecule has 2 N–H and O–H groups in total. The predicted octanol–water partition coefficient (Wildman–Crippen LogP) is 0.341. The highest BCUT2D eigenvalue weighted by molar-refractivity contribution is 6.07. The number of carbonyl (C=O) groups is 3. The number of amides is 1. The number of nitrogens with two attached hydrogens (primary N) is 1. The predicted molar refractivity (Wildman–Crippen MR) is 70.9 cm³/mol. The number of hydrogen-bond acceptors (Lipinski definition) is 6. The summed E-state index contributed by atoms with van der Waals surface area (Å²) in [4.78, 5) is 35.0. The fraction of sp³-hybridized carbons (Fsp3) is 0.357. The molecule has 1 aromatic carbocycles. The Bertz CT molecular complexity index is 574. The third kappa shape index (κ3) is 2.59. The molecule has 0 aliphatic carbocycles. The molecular formula is C14H16N2O5. The van der Waals surface area contributed by atoms with Crippen LogP contribution in [0.25, 0.3) is 0 Å². The van der Waals surface area contributed by atoms with Gasteiger partial charge in [0.15, 0.2) is 0 Å². The van der Waals surface area contributed by atoms with Gasteiger partial charge in [-0.1, -0.05) is 30.3 Å². The van der Waals surface area contributed by atoms with Crippen molar-refractivity contribution in [1.82, 2.24) is 5.01 Å². The molecule has 0 radical (unpaired) electrons. The van der Waals surface area contributed by atoms with Gasteiger partial charge in [0.25, 0.3) is 5.91 Å². The van der Waals surface area contributed by atoms with Gasteiger partial charge in [-0.3, -0.25) is 14.4 Å². The van der Waals surface area contributed by atoms with Crippen LogP contribution in [0.5, 0.6) is 0 Å². The summed E-state index contributed by atoms with van der Waals surface area (Å²) in [6.07, 6.45) is -1.15. The van der Waals surface area contributed by atoms with Crippen LogP contribution in [0.15, 0.2) is 30.3 Å². The van der Waals surface area contributed by atoms with E-state index in [-0.39, 0.29) is 6.61 Å². The lowest BCUT2D eigenvalue weighted by atomic mass is 9.79. The molecular weight excluding hydrogens is 276 g/mol. The highest BCUT2D eigenvalue weighted by Gasteiger charge is 2.65. The van der Waals surface area contributed by atoms with Crippen molar-refractivity contribution in [3.63, 3.8) is 0 Å². The van der Waals surface area contributed by atoms with Gasteiger partial charge >= 0.3 is 11.9 Å². The molecule has 1 aromatic rings. The second-order valence-corrected chi connectivity index (χ2v) is 4.94. The van der Waals surface area contributed by atoms with Crippen molar-refractivity contribution in [2.45, 2.75) is 26.7 Å². The molecule has 1 fully saturated rings. The maximum Gasteiger partial charge on any atom is 0.327 e. The van der Waals surface area contributed by atoms with E-state index in [1.807, 2.05) is 18.2 Å². The smallest absolute Gasteiger partial charge is 0.327 e. The van der Waals surface area contributed by atoms with Crippen LogP contribution in [0.1, 0.15) is 19.4 Å². The first-order valence-electron chi connectivity index (χ1n) is 6.34. The average molecular weight is 292 g/mol. The third-order valence-electron chi connectivity index (χ3n) is 3.34. The number of esters is 2. The van der Waals surface area contributed by atoms with Crippen molar-refractivity contribution in [3.05, 3.63) is 35.9 Å². The molecule has 2 rings (SSSR count). The van der Waals surface area contributed by atoms with E-state index in [9.17, 15) is 14.4 Å². The summed E-state index contributed by atoms with van der Waals surface area (Å²) in [6, 6.07) is 9.03. The maximum absolute atomic E-state index is 12.2. The summed E-state index contributed by atoms with van der Waals surface area (Å²) in [5.41, 5.74) is -0.815. The average Bonchev–Trinajstić information content (AvgIpc) is 2.49. The fourth-order valence-electron chi connectivity index (χ4n) is 2.09. The van der Waals surface area contributed by atoms with Gasteiger partial charge in [0, 0.05) is 6.92 Å². The molecule has 1 saturated heterocycles. The Kier molecular flexibility index (Phi) is 3.95. The minimum absolute atomic E-state index is 0.0277. The molecule has 0 bridgehead atoms. The number of benzene rings is 1. The van der Waals surface area contributed by atoms with Gasteiger partial charge in [0.05, 0.1) is 0 Å². The van der Waals surface area contributed by atoms with E-state index in [1.165, 1.54) is 13.8 Å². The molecule has 1 aliphatic rings. The summed E-state index contributed by atoms with van der Waals surface area (Å²) in [5.74, 6) is 3.38. The van der Waals surface area contributed by atoms with Crippen molar-refractivity contribution in [3.8, 4) is 0 Å². The van der Waals surface area contributed by atoms with Crippen LogP contribution >= 0.6 is 0 Å². The van der Waals surface area contributed by atoms with Gasteiger partial charge in [-0.2, -0.15) is 0 Å². The maximum atomic E-state index is 12.2. The fourth-order valence-corrected chi connectivity index (χ4v) is 2.09. The first-order chi connectivity index (χ1) is 9.87. The van der Waals surface area contributed by atoms with Gasteiger partial charge in [0.1, 0.15) is 6.61 Å². The van der Waals surface area contributed by atoms with E-state index < -0.39 is 29.5 Å². The lowest BCUT2D eigenvalue weighted by Gasteiger charge is -2.47. The zero-order chi connectivity index (χ0) is 15.6. The molecule has 0 spiro atoms. The normalized spacial score (nSPS) is 24.2. The number of rotatable bonds is 4. The Balaban J connectivity index is 2.05. The van der Waals surface area contributed by atoms with Gasteiger partial charge in [0.2, 0.25) is 11.6 Å². The Hall–Kier alpha value is -2.41. The minimum Gasteiger partial charge on any atom is -0.460 e. The number of nitrogens with zero attached hydrogens (tertiary/aromatic N) is 1. The monoisotopic (exact) mass is 292 g/mol. The van der Waals surface area contributed by atoms with Crippen molar-refractivity contribution >= 4 is 17.8 Å². The molecule has 112 valence electrons. The standard InChI is InChI=1S/C14H16N2O5/c1-9(17)21-12-14(2,11(18)16(12)15)13(19)20-8-10-6-4-3-5-7-10/h3-7,12H,8,15H2,1-2H3. The SMILES string of the molecule is CC(=O)OC1N(N)C(=O)C1(C)C(=O)OCc1ccccc1. The van der Waals surface area contributed by atoms with Gasteiger partial charge < -0.3 is 9.47 Å². The molecule has 21 heavy (non-hydrogen) atoms. The quantitative estimate of drug-likeness (QED) is 0.282. The molecule has 7 nitrogen and oxygen atoms in total. The second kappa shape index (κ2) is 5.53. The zero-order valence-electron chi connectivity index (χ0n) is 11.7. The summed E-state index contributed by atoms with van der Waals surface area (Å²) < 4.78 is 10.0. The van der Waals surface area contributed by atoms with Crippen LogP contribution in [0.2, 0.25) is 0 Å². The molecule has 0 saturated carbocycles. The van der Waals surface area contributed by atoms with Crippen LogP contribution in [-0.4, -0.2) is 29.1 Å². The van der Waals surface area contributed by atoms with Crippen molar-refractivity contribution in [1.29, 1.82) is 0 Å². The first kappa shape index (κ1) is 15.0. The van der Waals surface area contributed by atoms with Crippen LogP contribution in [0, 0.1) is 5.41 Å². The molecule has 2 unspecified atom stereocenters. The number of carbonyl (C=O) groups excluding carboxylic acids is 3. The van der Waals surface area contributed by atoms with Crippen LogP contribution in [0.3, 0.4) is 0 Å². The molecule has 1 amide bonds. The van der Waals surface area contributed by atoms with Crippen LogP contribution < -0.4 is 5.84 Å². The second-order valence-electron chi connectivity index (χ2n) is 4.94. The van der Waals surface area contributed by atoms with Gasteiger partial charge in [-0.05, 0) is 12.5 Å². The number of hydrogen-bond donors (Lipinski definition) is 1. The number of β-lactam (4-membered cyclic amide) rings is 1. The zero-order valence-corrected chi connectivity index (χ0v) is 11.7. The van der Waals surface area contributed by atoms with E-state index in [2.05, 4.69) is 0 Å². The molecule has 7 heteroatoms. The van der Waals surface area contributed by atoms with E-state index in [0.717, 1.165) is 5.56 Å². The van der Waals surface area contributed by atoms with Crippen molar-refractivity contribution < 1.29 is 23.9 Å². The summed E-state index contributed by atoms with van der Waals surface area (Å²) in [6.45, 7) is 2.55. The molecule has 1 heterocycles. The summed E-state index contributed by atoms with van der Waals surface area (Å²) in [5, 5.41) is 0.713. The van der Waals surface area contributed by atoms with E-state index in [0.29, 0.717) is 5.01 Å². The van der Waals surface area contributed by atoms with E-state index in [1.54, 1.807) is 12.1 Å². The highest BCUT2D eigenvalue weighted by Crippen LogP contribution is 2.39. The summed E-state index contributed by atoms with van der Waals surface area (Å²) in [7, 11) is 0. The highest BCUT2D eigenvalue weighted by atomic mass is 16.6. The van der Waals surface area contributed by atoms with Crippen LogP contribution in [0.4, 0.5) is 0 Å². The van der Waals surface area contributed by atoms with Gasteiger partial charge in [-0.15, -0.1) is 0 Å². The van der Waals surface area contributed by atoms with Crippen LogP contribution in [-0.2, 0) is 30.5 Å². The van der Waals surface area contributed by atoms with Gasteiger partial charge in [-0.25, -0.2) is 10.9 Å². The Labute approximate surface area is 121 Å². The summed E-state index contributed by atoms with van der Waals surface area (Å²) >= 11 is 0. The third-order valence-corrected chi connectivity index (χ3v) is 3.34. The first-order valence-corrected chi connectivity index (χ1v) is 6.34. The Morgan fingerprint density at radius 3 is 2.52 bits per heavy atom.